The molecule has 0 aromatic rings. The number of hydrogen-bond acceptors (Lipinski definition) is 4. The van der Waals surface area contributed by atoms with Crippen LogP contribution in [0.1, 0.15) is 13.8 Å². The van der Waals surface area contributed by atoms with E-state index in [2.05, 4.69) is 9.47 Å². The Bertz CT molecular complexity index is 165. The molecule has 0 atom stereocenters. The van der Waals surface area contributed by atoms with Crippen LogP contribution < -0.4 is 0 Å². The number of hydrogen-bond donors (Lipinski definition) is 0. The fraction of sp³-hybridized carbons (Fsp3) is 0.900. The van der Waals surface area contributed by atoms with E-state index in [1.54, 1.807) is 26.0 Å². The van der Waals surface area contributed by atoms with Gasteiger partial charge >= 0.3 is 0 Å². The highest BCUT2D eigenvalue weighted by atomic mass is 16.7. The summed E-state index contributed by atoms with van der Waals surface area (Å²) in [5.41, 5.74) is 0. The second kappa shape index (κ2) is 8.64. The van der Waals surface area contributed by atoms with Crippen molar-refractivity contribution < 1.29 is 19.0 Å². The molecule has 1 saturated heterocycles. The van der Waals surface area contributed by atoms with Crippen LogP contribution in [0.5, 0.6) is 0 Å². The molecule has 0 spiro atoms. The minimum absolute atomic E-state index is 0.0648. The highest BCUT2D eigenvalue weighted by molar-refractivity contribution is 5.73. The lowest BCUT2D eigenvalue weighted by Gasteiger charge is -2.25. The maximum atomic E-state index is 10.7. The van der Waals surface area contributed by atoms with Crippen LogP contribution in [-0.2, 0) is 19.0 Å². The molecule has 1 aliphatic rings. The third kappa shape index (κ3) is 7.30. The van der Waals surface area contributed by atoms with Crippen molar-refractivity contribution in [3.8, 4) is 0 Å². The van der Waals surface area contributed by atoms with Crippen molar-refractivity contribution >= 4 is 5.91 Å². The third-order valence-corrected chi connectivity index (χ3v) is 2.12. The maximum Gasteiger partial charge on any atom is 0.219 e. The lowest BCUT2D eigenvalue weighted by Crippen LogP contribution is -2.39. The number of nitrogens with zero attached hydrogens (tertiary/aromatic N) is 1. The highest BCUT2D eigenvalue weighted by Crippen LogP contribution is 1.95. The van der Waals surface area contributed by atoms with E-state index in [0.717, 1.165) is 13.1 Å². The summed E-state index contributed by atoms with van der Waals surface area (Å²) < 4.78 is 14.4. The monoisotopic (exact) mass is 219 g/mol. The van der Waals surface area contributed by atoms with E-state index in [9.17, 15) is 4.79 Å². The molecule has 0 N–H and O–H groups in total. The average molecular weight is 219 g/mol. The Balaban J connectivity index is 0.000000288. The first-order chi connectivity index (χ1) is 7.11. The first-order valence-electron chi connectivity index (χ1n) is 5.00. The van der Waals surface area contributed by atoms with Gasteiger partial charge in [-0.15, -0.1) is 0 Å². The number of methoxy groups -OCH3 is 2. The van der Waals surface area contributed by atoms with Gasteiger partial charge in [0, 0.05) is 34.2 Å². The third-order valence-electron chi connectivity index (χ3n) is 2.12. The Kier molecular flexibility index (Phi) is 8.27. The zero-order valence-corrected chi connectivity index (χ0v) is 9.99. The fourth-order valence-corrected chi connectivity index (χ4v) is 0.974. The number of morpholine rings is 1. The highest BCUT2D eigenvalue weighted by Gasteiger charge is 2.11. The smallest absolute Gasteiger partial charge is 0.219 e. The van der Waals surface area contributed by atoms with Gasteiger partial charge in [-0.25, -0.2) is 0 Å². The van der Waals surface area contributed by atoms with E-state index in [1.807, 2.05) is 6.92 Å². The van der Waals surface area contributed by atoms with Crippen LogP contribution in [0.3, 0.4) is 0 Å². The van der Waals surface area contributed by atoms with Gasteiger partial charge in [0.15, 0.2) is 6.29 Å². The zero-order valence-electron chi connectivity index (χ0n) is 9.99. The molecule has 15 heavy (non-hydrogen) atoms. The topological polar surface area (TPSA) is 48.0 Å². The Morgan fingerprint density at radius 2 is 1.73 bits per heavy atom. The van der Waals surface area contributed by atoms with E-state index in [-0.39, 0.29) is 12.2 Å². The molecule has 0 aromatic heterocycles. The number of carbonyl (C=O) groups excluding carboxylic acids is 1. The van der Waals surface area contributed by atoms with Crippen LogP contribution in [0.15, 0.2) is 0 Å². The maximum absolute atomic E-state index is 10.7. The van der Waals surface area contributed by atoms with E-state index in [4.69, 9.17) is 4.74 Å². The lowest BCUT2D eigenvalue weighted by molar-refractivity contribution is -0.132. The molecular weight excluding hydrogens is 198 g/mol. The fourth-order valence-electron chi connectivity index (χ4n) is 0.974. The van der Waals surface area contributed by atoms with Crippen molar-refractivity contribution in [1.82, 2.24) is 4.90 Å². The molecule has 0 radical (unpaired) electrons. The number of rotatable bonds is 2. The standard InChI is InChI=1S/C6H11NO2.C4H10O2/c1-6(8)7-2-4-9-5-3-7;1-4(5-2)6-3/h2-5H2,1H3;4H,1-3H3. The summed E-state index contributed by atoms with van der Waals surface area (Å²) in [6.45, 7) is 6.33. The number of amides is 1. The minimum atomic E-state index is -0.0648. The summed E-state index contributed by atoms with van der Waals surface area (Å²) in [6.07, 6.45) is -0.0648. The summed E-state index contributed by atoms with van der Waals surface area (Å²) in [6, 6.07) is 0. The average Bonchev–Trinajstić information content (AvgIpc) is 2.30. The summed E-state index contributed by atoms with van der Waals surface area (Å²) in [5, 5.41) is 0. The number of ether oxygens (including phenoxy) is 3. The Labute approximate surface area is 91.3 Å². The molecule has 1 heterocycles. The van der Waals surface area contributed by atoms with E-state index >= 15 is 0 Å². The van der Waals surface area contributed by atoms with Gasteiger partial charge in [-0.3, -0.25) is 4.79 Å². The molecule has 5 heteroatoms. The first-order valence-corrected chi connectivity index (χ1v) is 5.00. The molecule has 0 unspecified atom stereocenters. The van der Waals surface area contributed by atoms with Gasteiger partial charge in [0.25, 0.3) is 0 Å². The quantitative estimate of drug-likeness (QED) is 0.634. The largest absolute Gasteiger partial charge is 0.378 e. The van der Waals surface area contributed by atoms with Gasteiger partial charge in [0.1, 0.15) is 0 Å². The second-order valence-corrected chi connectivity index (χ2v) is 3.16. The summed E-state index contributed by atoms with van der Waals surface area (Å²) in [5.74, 6) is 0.151. The van der Waals surface area contributed by atoms with E-state index in [1.165, 1.54) is 0 Å². The summed E-state index contributed by atoms with van der Waals surface area (Å²) >= 11 is 0. The Morgan fingerprint density at radius 1 is 1.27 bits per heavy atom. The van der Waals surface area contributed by atoms with Crippen LogP contribution in [0.4, 0.5) is 0 Å². The van der Waals surface area contributed by atoms with Crippen molar-refractivity contribution in [3.63, 3.8) is 0 Å². The molecule has 0 bridgehead atoms. The van der Waals surface area contributed by atoms with Crippen LogP contribution in [0, 0.1) is 0 Å². The molecule has 1 fully saturated rings. The number of carbonyl (C=O) groups is 1. The molecule has 1 aliphatic heterocycles. The van der Waals surface area contributed by atoms with Gasteiger partial charge in [0.2, 0.25) is 5.91 Å². The van der Waals surface area contributed by atoms with Gasteiger partial charge in [-0.1, -0.05) is 0 Å². The van der Waals surface area contributed by atoms with Crippen molar-refractivity contribution in [3.05, 3.63) is 0 Å². The van der Waals surface area contributed by atoms with Gasteiger partial charge in [-0.2, -0.15) is 0 Å². The second-order valence-electron chi connectivity index (χ2n) is 3.16. The van der Waals surface area contributed by atoms with E-state index < -0.39 is 0 Å². The van der Waals surface area contributed by atoms with Gasteiger partial charge in [0.05, 0.1) is 13.2 Å². The van der Waals surface area contributed by atoms with Crippen LogP contribution in [0.25, 0.3) is 0 Å². The summed E-state index contributed by atoms with van der Waals surface area (Å²) in [7, 11) is 3.21. The lowest BCUT2D eigenvalue weighted by atomic mass is 10.4. The predicted molar refractivity (Wildman–Crippen MR) is 56.6 cm³/mol. The first kappa shape index (κ1) is 14.3. The molecule has 0 aliphatic carbocycles. The molecule has 5 nitrogen and oxygen atoms in total. The zero-order chi connectivity index (χ0) is 11.7. The SMILES string of the molecule is CC(=O)N1CCOCC1.COC(C)OC. The molecule has 1 rings (SSSR count). The predicted octanol–water partition coefficient (Wildman–Crippen LogP) is 0.490. The van der Waals surface area contributed by atoms with Gasteiger partial charge < -0.3 is 19.1 Å². The van der Waals surface area contributed by atoms with Crippen molar-refractivity contribution in [2.45, 2.75) is 20.1 Å². The Morgan fingerprint density at radius 3 is 1.93 bits per heavy atom. The normalized spacial score (nSPS) is 15.9. The van der Waals surface area contributed by atoms with Crippen molar-refractivity contribution in [1.29, 1.82) is 0 Å². The van der Waals surface area contributed by atoms with E-state index in [0.29, 0.717) is 13.2 Å². The van der Waals surface area contributed by atoms with Gasteiger partial charge in [-0.05, 0) is 6.92 Å². The van der Waals surface area contributed by atoms with Crippen LogP contribution in [0.2, 0.25) is 0 Å². The van der Waals surface area contributed by atoms with Crippen molar-refractivity contribution in [2.75, 3.05) is 40.5 Å². The van der Waals surface area contributed by atoms with Crippen LogP contribution in [-0.4, -0.2) is 57.6 Å². The summed E-state index contributed by atoms with van der Waals surface area (Å²) in [4.78, 5) is 12.5. The van der Waals surface area contributed by atoms with Crippen LogP contribution >= 0.6 is 0 Å². The molecule has 0 saturated carbocycles. The minimum Gasteiger partial charge on any atom is -0.378 e. The molecule has 1 amide bonds. The van der Waals surface area contributed by atoms with Crippen molar-refractivity contribution in [2.24, 2.45) is 0 Å². The molecule has 90 valence electrons. The molecule has 0 aromatic carbocycles. The molecular formula is C10H21NO4. The Hall–Kier alpha value is -0.650.